The predicted molar refractivity (Wildman–Crippen MR) is 95.8 cm³/mol. The van der Waals surface area contributed by atoms with Gasteiger partial charge in [0.15, 0.2) is 0 Å². The van der Waals surface area contributed by atoms with E-state index in [9.17, 15) is 9.59 Å². The third-order valence-corrected chi connectivity index (χ3v) is 3.96. The van der Waals surface area contributed by atoms with Gasteiger partial charge in [0.1, 0.15) is 0 Å². The van der Waals surface area contributed by atoms with Gasteiger partial charge in [0.2, 0.25) is 5.91 Å². The van der Waals surface area contributed by atoms with Crippen molar-refractivity contribution in [1.82, 2.24) is 10.2 Å². The molecule has 0 aliphatic carbocycles. The van der Waals surface area contributed by atoms with Gasteiger partial charge in [-0.2, -0.15) is 0 Å². The Morgan fingerprint density at radius 3 is 2.46 bits per heavy atom. The van der Waals surface area contributed by atoms with E-state index in [2.05, 4.69) is 11.4 Å². The van der Waals surface area contributed by atoms with Gasteiger partial charge in [-0.3, -0.25) is 9.59 Å². The highest BCUT2D eigenvalue weighted by Crippen LogP contribution is 2.08. The molecule has 1 N–H and O–H groups in total. The molecular formula is C20H24N2O2. The molecule has 0 bridgehead atoms. The number of carbonyl (C=O) groups is 2. The normalized spacial score (nSPS) is 10.3. The first-order valence-corrected chi connectivity index (χ1v) is 8.12. The Hall–Kier alpha value is -2.62. The van der Waals surface area contributed by atoms with Crippen LogP contribution in [-0.2, 0) is 11.3 Å². The van der Waals surface area contributed by atoms with Crippen LogP contribution in [0.5, 0.6) is 0 Å². The Bertz CT molecular complexity index is 725. The minimum absolute atomic E-state index is 0.00152. The van der Waals surface area contributed by atoms with Gasteiger partial charge in [-0.05, 0) is 31.0 Å². The van der Waals surface area contributed by atoms with E-state index in [1.165, 1.54) is 5.56 Å². The van der Waals surface area contributed by atoms with Crippen LogP contribution in [0.3, 0.4) is 0 Å². The third kappa shape index (κ3) is 4.95. The molecule has 0 atom stereocenters. The van der Waals surface area contributed by atoms with Crippen molar-refractivity contribution >= 4 is 11.8 Å². The minimum Gasteiger partial charge on any atom is -0.350 e. The lowest BCUT2D eigenvalue weighted by molar-refractivity contribution is -0.129. The quantitative estimate of drug-likeness (QED) is 0.888. The number of amides is 2. The maximum atomic E-state index is 12.2. The van der Waals surface area contributed by atoms with Crippen molar-refractivity contribution in [2.45, 2.75) is 27.3 Å². The maximum Gasteiger partial charge on any atom is 0.251 e. The first kappa shape index (κ1) is 17.7. The van der Waals surface area contributed by atoms with E-state index < -0.39 is 0 Å². The number of aryl methyl sites for hydroxylation is 2. The van der Waals surface area contributed by atoms with Crippen molar-refractivity contribution in [3.63, 3.8) is 0 Å². The Labute approximate surface area is 143 Å². The fraction of sp³-hybridized carbons (Fsp3) is 0.300. The zero-order valence-corrected chi connectivity index (χ0v) is 14.5. The van der Waals surface area contributed by atoms with E-state index in [0.29, 0.717) is 25.2 Å². The standard InChI is InChI=1S/C20H24N2O2/c1-15-7-6-9-18(13-15)14-22(17(3)23)12-11-21-20(24)19-10-5-4-8-16(19)2/h4-10,13H,11-12,14H2,1-3H3,(H,21,24). The SMILES string of the molecule is CC(=O)N(CCNC(=O)c1ccccc1C)Cc1cccc(C)c1. The molecule has 4 heteroatoms. The molecule has 0 saturated carbocycles. The summed E-state index contributed by atoms with van der Waals surface area (Å²) in [4.78, 5) is 25.8. The fourth-order valence-corrected chi connectivity index (χ4v) is 2.61. The molecule has 24 heavy (non-hydrogen) atoms. The number of nitrogens with zero attached hydrogens (tertiary/aromatic N) is 1. The van der Waals surface area contributed by atoms with Gasteiger partial charge in [0, 0.05) is 32.1 Å². The Kier molecular flexibility index (Phi) is 6.13. The van der Waals surface area contributed by atoms with Gasteiger partial charge in [0.05, 0.1) is 0 Å². The number of carbonyl (C=O) groups excluding carboxylic acids is 2. The molecule has 2 aromatic rings. The summed E-state index contributed by atoms with van der Waals surface area (Å²) in [6, 6.07) is 15.6. The molecule has 0 fully saturated rings. The molecule has 0 heterocycles. The molecule has 0 unspecified atom stereocenters. The molecule has 0 aliphatic rings. The molecule has 0 radical (unpaired) electrons. The molecule has 126 valence electrons. The highest BCUT2D eigenvalue weighted by Gasteiger charge is 2.11. The summed E-state index contributed by atoms with van der Waals surface area (Å²) in [7, 11) is 0. The van der Waals surface area contributed by atoms with Gasteiger partial charge in [-0.25, -0.2) is 0 Å². The summed E-state index contributed by atoms with van der Waals surface area (Å²) in [5.41, 5.74) is 3.88. The molecule has 2 aromatic carbocycles. The lowest BCUT2D eigenvalue weighted by Gasteiger charge is -2.21. The van der Waals surface area contributed by atoms with E-state index >= 15 is 0 Å². The summed E-state index contributed by atoms with van der Waals surface area (Å²) < 4.78 is 0. The average molecular weight is 324 g/mol. The van der Waals surface area contributed by atoms with Gasteiger partial charge in [-0.15, -0.1) is 0 Å². The number of benzene rings is 2. The van der Waals surface area contributed by atoms with Crippen LogP contribution in [0.25, 0.3) is 0 Å². The predicted octanol–water partition coefficient (Wildman–Crippen LogP) is 3.08. The first-order chi connectivity index (χ1) is 11.5. The molecule has 2 rings (SSSR count). The molecular weight excluding hydrogens is 300 g/mol. The number of hydrogen-bond donors (Lipinski definition) is 1. The smallest absolute Gasteiger partial charge is 0.251 e. The first-order valence-electron chi connectivity index (χ1n) is 8.12. The van der Waals surface area contributed by atoms with E-state index in [4.69, 9.17) is 0 Å². The summed E-state index contributed by atoms with van der Waals surface area (Å²) in [5.74, 6) is -0.103. The van der Waals surface area contributed by atoms with Crippen molar-refractivity contribution in [3.05, 3.63) is 70.8 Å². The Morgan fingerprint density at radius 1 is 1.04 bits per heavy atom. The van der Waals surface area contributed by atoms with Gasteiger partial charge in [0.25, 0.3) is 5.91 Å². The monoisotopic (exact) mass is 324 g/mol. The van der Waals surface area contributed by atoms with Crippen LogP contribution in [-0.4, -0.2) is 29.8 Å². The number of rotatable bonds is 6. The maximum absolute atomic E-state index is 12.2. The molecule has 0 aromatic heterocycles. The second-order valence-electron chi connectivity index (χ2n) is 6.00. The highest BCUT2D eigenvalue weighted by atomic mass is 16.2. The van der Waals surface area contributed by atoms with Gasteiger partial charge in [-0.1, -0.05) is 48.0 Å². The lowest BCUT2D eigenvalue weighted by atomic mass is 10.1. The Balaban J connectivity index is 1.91. The topological polar surface area (TPSA) is 49.4 Å². The van der Waals surface area contributed by atoms with E-state index in [1.807, 2.05) is 50.2 Å². The zero-order chi connectivity index (χ0) is 17.5. The van der Waals surface area contributed by atoms with Crippen molar-refractivity contribution in [1.29, 1.82) is 0 Å². The van der Waals surface area contributed by atoms with Crippen molar-refractivity contribution < 1.29 is 9.59 Å². The number of hydrogen-bond acceptors (Lipinski definition) is 2. The molecule has 0 saturated heterocycles. The average Bonchev–Trinajstić information content (AvgIpc) is 2.54. The highest BCUT2D eigenvalue weighted by molar-refractivity contribution is 5.95. The van der Waals surface area contributed by atoms with Crippen LogP contribution in [0.4, 0.5) is 0 Å². The second-order valence-corrected chi connectivity index (χ2v) is 6.00. The lowest BCUT2D eigenvalue weighted by Crippen LogP contribution is -2.37. The zero-order valence-electron chi connectivity index (χ0n) is 14.5. The van der Waals surface area contributed by atoms with Crippen molar-refractivity contribution in [2.24, 2.45) is 0 Å². The van der Waals surface area contributed by atoms with Crippen LogP contribution < -0.4 is 5.32 Å². The summed E-state index contributed by atoms with van der Waals surface area (Å²) >= 11 is 0. The minimum atomic E-state index is -0.104. The molecule has 0 aliphatic heterocycles. The van der Waals surface area contributed by atoms with Gasteiger partial charge >= 0.3 is 0 Å². The number of nitrogens with one attached hydrogen (secondary N) is 1. The molecule has 0 spiro atoms. The molecule has 2 amide bonds. The van der Waals surface area contributed by atoms with E-state index in [0.717, 1.165) is 11.1 Å². The van der Waals surface area contributed by atoms with Crippen LogP contribution in [0.1, 0.15) is 34.0 Å². The van der Waals surface area contributed by atoms with Crippen LogP contribution >= 0.6 is 0 Å². The Morgan fingerprint density at radius 2 is 1.79 bits per heavy atom. The van der Waals surface area contributed by atoms with Crippen molar-refractivity contribution in [3.8, 4) is 0 Å². The van der Waals surface area contributed by atoms with Crippen LogP contribution in [0.15, 0.2) is 48.5 Å². The summed E-state index contributed by atoms with van der Waals surface area (Å²) in [6.45, 7) is 6.97. The van der Waals surface area contributed by atoms with Crippen molar-refractivity contribution in [2.75, 3.05) is 13.1 Å². The van der Waals surface area contributed by atoms with Crippen LogP contribution in [0, 0.1) is 13.8 Å². The third-order valence-electron chi connectivity index (χ3n) is 3.96. The van der Waals surface area contributed by atoms with Crippen LogP contribution in [0.2, 0.25) is 0 Å². The largest absolute Gasteiger partial charge is 0.350 e. The van der Waals surface area contributed by atoms with E-state index in [1.54, 1.807) is 17.9 Å². The summed E-state index contributed by atoms with van der Waals surface area (Å²) in [6.07, 6.45) is 0. The van der Waals surface area contributed by atoms with E-state index in [-0.39, 0.29) is 11.8 Å². The fourth-order valence-electron chi connectivity index (χ4n) is 2.61. The summed E-state index contributed by atoms with van der Waals surface area (Å²) in [5, 5.41) is 2.89. The molecule has 4 nitrogen and oxygen atoms in total. The second kappa shape index (κ2) is 8.29. The van der Waals surface area contributed by atoms with Gasteiger partial charge < -0.3 is 10.2 Å².